The van der Waals surface area contributed by atoms with Crippen LogP contribution in [0.15, 0.2) is 17.4 Å². The summed E-state index contributed by atoms with van der Waals surface area (Å²) in [6, 6.07) is 1.54. The SMILES string of the molecule is CCOc1cc(CN=[N+]=[N-])cnc1C(=O)CNC(=O)O. The Morgan fingerprint density at radius 3 is 2.95 bits per heavy atom. The first-order valence-electron chi connectivity index (χ1n) is 5.71. The van der Waals surface area contributed by atoms with Crippen LogP contribution < -0.4 is 10.1 Å². The van der Waals surface area contributed by atoms with Crippen LogP contribution in [0.3, 0.4) is 0 Å². The average Bonchev–Trinajstić information content (AvgIpc) is 2.43. The summed E-state index contributed by atoms with van der Waals surface area (Å²) >= 11 is 0. The number of hydrogen-bond donors (Lipinski definition) is 2. The van der Waals surface area contributed by atoms with Crippen molar-refractivity contribution in [3.63, 3.8) is 0 Å². The lowest BCUT2D eigenvalue weighted by Crippen LogP contribution is -2.28. The highest BCUT2D eigenvalue weighted by Gasteiger charge is 2.15. The second-order valence-corrected chi connectivity index (χ2v) is 3.59. The van der Waals surface area contributed by atoms with Crippen molar-refractivity contribution in [3.8, 4) is 5.75 Å². The van der Waals surface area contributed by atoms with Crippen LogP contribution in [0.5, 0.6) is 5.75 Å². The van der Waals surface area contributed by atoms with Gasteiger partial charge in [0.05, 0.1) is 19.7 Å². The van der Waals surface area contributed by atoms with Crippen molar-refractivity contribution in [3.05, 3.63) is 34.0 Å². The molecule has 0 spiro atoms. The third-order valence-electron chi connectivity index (χ3n) is 2.19. The van der Waals surface area contributed by atoms with E-state index in [1.807, 2.05) is 5.32 Å². The van der Waals surface area contributed by atoms with Crippen molar-refractivity contribution < 1.29 is 19.4 Å². The molecule has 0 aliphatic rings. The molecule has 1 heterocycles. The normalized spacial score (nSPS) is 9.45. The van der Waals surface area contributed by atoms with Crippen molar-refractivity contribution in [1.29, 1.82) is 0 Å². The third-order valence-corrected chi connectivity index (χ3v) is 2.19. The highest BCUT2D eigenvalue weighted by Crippen LogP contribution is 2.19. The number of amides is 1. The van der Waals surface area contributed by atoms with Crippen LogP contribution in [-0.2, 0) is 6.54 Å². The molecular formula is C11H13N5O4. The lowest BCUT2D eigenvalue weighted by Gasteiger charge is -2.09. The summed E-state index contributed by atoms with van der Waals surface area (Å²) in [5, 5.41) is 13.8. The molecule has 0 bridgehead atoms. The summed E-state index contributed by atoms with van der Waals surface area (Å²) in [5.74, 6) is -0.276. The number of carbonyl (C=O) groups excluding carboxylic acids is 1. The molecular weight excluding hydrogens is 266 g/mol. The predicted octanol–water partition coefficient (Wildman–Crippen LogP) is 1.74. The van der Waals surface area contributed by atoms with E-state index >= 15 is 0 Å². The first-order valence-corrected chi connectivity index (χ1v) is 5.71. The number of carbonyl (C=O) groups is 2. The smallest absolute Gasteiger partial charge is 0.405 e. The number of nitrogens with one attached hydrogen (secondary N) is 1. The largest absolute Gasteiger partial charge is 0.491 e. The minimum absolute atomic E-state index is 0.0327. The van der Waals surface area contributed by atoms with Crippen molar-refractivity contribution >= 4 is 11.9 Å². The Kier molecular flexibility index (Phi) is 5.79. The molecule has 0 atom stereocenters. The van der Waals surface area contributed by atoms with Gasteiger partial charge in [-0.2, -0.15) is 0 Å². The molecule has 1 aromatic heterocycles. The second kappa shape index (κ2) is 7.59. The average molecular weight is 279 g/mol. The topological polar surface area (TPSA) is 137 Å². The van der Waals surface area contributed by atoms with Crippen LogP contribution in [0.25, 0.3) is 10.4 Å². The summed E-state index contributed by atoms with van der Waals surface area (Å²) in [6.07, 6.45) is 0.0851. The number of rotatable bonds is 7. The molecule has 0 saturated heterocycles. The van der Waals surface area contributed by atoms with Gasteiger partial charge in [-0.1, -0.05) is 5.11 Å². The number of pyridine rings is 1. The number of hydrogen-bond acceptors (Lipinski definition) is 5. The van der Waals surface area contributed by atoms with Gasteiger partial charge in [0.2, 0.25) is 5.78 Å². The maximum Gasteiger partial charge on any atom is 0.405 e. The lowest BCUT2D eigenvalue weighted by atomic mass is 10.2. The van der Waals surface area contributed by atoms with Crippen LogP contribution in [0, 0.1) is 0 Å². The number of carboxylic acid groups (broad SMARTS) is 1. The molecule has 0 radical (unpaired) electrons. The van der Waals surface area contributed by atoms with Gasteiger partial charge in [-0.25, -0.2) is 9.78 Å². The fourth-order valence-corrected chi connectivity index (χ4v) is 1.40. The Bertz CT molecular complexity index is 554. The molecule has 106 valence electrons. The second-order valence-electron chi connectivity index (χ2n) is 3.59. The van der Waals surface area contributed by atoms with E-state index in [9.17, 15) is 9.59 Å². The molecule has 1 aromatic rings. The van der Waals surface area contributed by atoms with Gasteiger partial charge in [0.1, 0.15) is 11.4 Å². The molecule has 0 fully saturated rings. The fraction of sp³-hybridized carbons (Fsp3) is 0.364. The lowest BCUT2D eigenvalue weighted by molar-refractivity contribution is 0.0978. The summed E-state index contributed by atoms with van der Waals surface area (Å²) in [5.41, 5.74) is 8.88. The van der Waals surface area contributed by atoms with E-state index in [0.29, 0.717) is 12.2 Å². The van der Waals surface area contributed by atoms with Gasteiger partial charge in [0.15, 0.2) is 0 Å². The minimum atomic E-state index is -1.30. The number of aromatic nitrogens is 1. The Hall–Kier alpha value is -2.80. The van der Waals surface area contributed by atoms with Gasteiger partial charge in [-0.3, -0.25) is 4.79 Å². The highest BCUT2D eigenvalue weighted by atomic mass is 16.5. The quantitative estimate of drug-likeness (QED) is 0.339. The Morgan fingerprint density at radius 2 is 2.35 bits per heavy atom. The summed E-state index contributed by atoms with van der Waals surface area (Å²) in [6.45, 7) is 1.76. The first-order chi connectivity index (χ1) is 9.58. The number of azide groups is 1. The van der Waals surface area contributed by atoms with E-state index in [1.54, 1.807) is 13.0 Å². The molecule has 20 heavy (non-hydrogen) atoms. The van der Waals surface area contributed by atoms with E-state index in [0.717, 1.165) is 0 Å². The molecule has 9 nitrogen and oxygen atoms in total. The maximum absolute atomic E-state index is 11.8. The van der Waals surface area contributed by atoms with Crippen LogP contribution in [0.2, 0.25) is 0 Å². The van der Waals surface area contributed by atoms with E-state index in [1.165, 1.54) is 6.20 Å². The van der Waals surface area contributed by atoms with Crippen LogP contribution in [-0.4, -0.2) is 35.1 Å². The molecule has 1 rings (SSSR count). The highest BCUT2D eigenvalue weighted by molar-refractivity contribution is 5.99. The van der Waals surface area contributed by atoms with Gasteiger partial charge in [0.25, 0.3) is 0 Å². The molecule has 1 amide bonds. The van der Waals surface area contributed by atoms with E-state index in [-0.39, 0.29) is 18.0 Å². The van der Waals surface area contributed by atoms with Crippen molar-refractivity contribution in [1.82, 2.24) is 10.3 Å². The van der Waals surface area contributed by atoms with Gasteiger partial charge >= 0.3 is 6.09 Å². The molecule has 0 aliphatic carbocycles. The maximum atomic E-state index is 11.8. The van der Waals surface area contributed by atoms with E-state index < -0.39 is 18.4 Å². The molecule has 2 N–H and O–H groups in total. The first kappa shape index (κ1) is 15.3. The summed E-state index contributed by atoms with van der Waals surface area (Å²) in [7, 11) is 0. The number of nitrogens with zero attached hydrogens (tertiary/aromatic N) is 4. The molecule has 0 saturated carbocycles. The zero-order valence-electron chi connectivity index (χ0n) is 10.7. The van der Waals surface area contributed by atoms with Crippen molar-refractivity contribution in [2.45, 2.75) is 13.5 Å². The number of ether oxygens (including phenoxy) is 1. The van der Waals surface area contributed by atoms with Crippen LogP contribution in [0.1, 0.15) is 23.0 Å². The monoisotopic (exact) mass is 279 g/mol. The molecule has 0 aliphatic heterocycles. The summed E-state index contributed by atoms with van der Waals surface area (Å²) in [4.78, 5) is 28.7. The Morgan fingerprint density at radius 1 is 1.60 bits per heavy atom. The van der Waals surface area contributed by atoms with Crippen molar-refractivity contribution in [2.75, 3.05) is 13.2 Å². The standard InChI is InChI=1S/C11H13N5O4/c1-2-20-9-3-7(5-15-16-12)4-13-10(9)8(17)6-14-11(18)19/h3-4,14H,2,5-6H2,1H3,(H,18,19). The minimum Gasteiger partial charge on any atom is -0.491 e. The van der Waals surface area contributed by atoms with Gasteiger partial charge in [-0.05, 0) is 24.1 Å². The molecule has 0 aromatic carbocycles. The molecule has 9 heteroatoms. The summed E-state index contributed by atoms with van der Waals surface area (Å²) < 4.78 is 5.29. The van der Waals surface area contributed by atoms with Crippen molar-refractivity contribution in [2.24, 2.45) is 5.11 Å². The van der Waals surface area contributed by atoms with E-state index in [4.69, 9.17) is 15.4 Å². The Labute approximate surface area is 114 Å². The zero-order valence-corrected chi connectivity index (χ0v) is 10.7. The molecule has 0 unspecified atom stereocenters. The zero-order chi connectivity index (χ0) is 15.0. The van der Waals surface area contributed by atoms with Crippen LogP contribution >= 0.6 is 0 Å². The van der Waals surface area contributed by atoms with E-state index in [2.05, 4.69) is 15.0 Å². The fourth-order valence-electron chi connectivity index (χ4n) is 1.40. The predicted molar refractivity (Wildman–Crippen MR) is 68.6 cm³/mol. The van der Waals surface area contributed by atoms with Crippen LogP contribution in [0.4, 0.5) is 4.79 Å². The van der Waals surface area contributed by atoms with Gasteiger partial charge < -0.3 is 15.2 Å². The number of Topliss-reactive ketones (excluding diaryl/α,β-unsaturated/α-hetero) is 1. The number of ketones is 1. The van der Waals surface area contributed by atoms with Gasteiger partial charge in [-0.15, -0.1) is 0 Å². The Balaban J connectivity index is 2.96. The van der Waals surface area contributed by atoms with Gasteiger partial charge in [0, 0.05) is 11.1 Å². The third kappa shape index (κ3) is 4.46.